The predicted molar refractivity (Wildman–Crippen MR) is 65.4 cm³/mol. The van der Waals surface area contributed by atoms with Gasteiger partial charge < -0.3 is 15.5 Å². The largest absolute Gasteiger partial charge is 0.508 e. The first kappa shape index (κ1) is 13.0. The summed E-state index contributed by atoms with van der Waals surface area (Å²) in [6.45, 7) is 4.32. The van der Waals surface area contributed by atoms with Crippen LogP contribution in [0, 0.1) is 0 Å². The van der Waals surface area contributed by atoms with Crippen molar-refractivity contribution in [3.8, 4) is 5.75 Å². The van der Waals surface area contributed by atoms with Crippen LogP contribution < -0.4 is 5.32 Å². The van der Waals surface area contributed by atoms with E-state index in [2.05, 4.69) is 19.2 Å². The van der Waals surface area contributed by atoms with E-state index in [0.717, 1.165) is 18.4 Å². The van der Waals surface area contributed by atoms with Gasteiger partial charge in [-0.1, -0.05) is 26.0 Å². The van der Waals surface area contributed by atoms with Gasteiger partial charge in [-0.05, 0) is 30.5 Å². The lowest BCUT2D eigenvalue weighted by atomic mass is 10.0. The Morgan fingerprint density at radius 2 is 1.75 bits per heavy atom. The smallest absolute Gasteiger partial charge is 0.115 e. The molecule has 0 fully saturated rings. The van der Waals surface area contributed by atoms with Crippen LogP contribution in [0.1, 0.15) is 38.3 Å². The molecule has 0 amide bonds. The lowest BCUT2D eigenvalue weighted by molar-refractivity contribution is 0.226. The first-order chi connectivity index (χ1) is 7.71. The Morgan fingerprint density at radius 3 is 2.19 bits per heavy atom. The fraction of sp³-hybridized carbons (Fsp3) is 0.538. The van der Waals surface area contributed by atoms with Crippen LogP contribution in [0.2, 0.25) is 0 Å². The molecule has 0 heterocycles. The number of aliphatic hydroxyl groups is 1. The first-order valence-corrected chi connectivity index (χ1v) is 5.87. The molecule has 3 heteroatoms. The van der Waals surface area contributed by atoms with Gasteiger partial charge in [-0.15, -0.1) is 0 Å². The number of aliphatic hydroxyl groups excluding tert-OH is 1. The minimum atomic E-state index is 0.138. The molecule has 1 aromatic rings. The fourth-order valence-electron chi connectivity index (χ4n) is 1.74. The second-order valence-corrected chi connectivity index (χ2v) is 4.01. The molecule has 3 N–H and O–H groups in total. The zero-order chi connectivity index (χ0) is 12.0. The summed E-state index contributed by atoms with van der Waals surface area (Å²) in [5.74, 6) is 0.285. The van der Waals surface area contributed by atoms with E-state index in [9.17, 15) is 5.11 Å². The molecule has 16 heavy (non-hydrogen) atoms. The molecule has 1 rings (SSSR count). The van der Waals surface area contributed by atoms with Crippen molar-refractivity contribution in [2.45, 2.75) is 38.8 Å². The van der Waals surface area contributed by atoms with Gasteiger partial charge in [0.05, 0.1) is 6.61 Å². The van der Waals surface area contributed by atoms with Gasteiger partial charge in [-0.2, -0.15) is 0 Å². The van der Waals surface area contributed by atoms with Crippen LogP contribution >= 0.6 is 0 Å². The number of nitrogens with one attached hydrogen (secondary N) is 1. The van der Waals surface area contributed by atoms with E-state index >= 15 is 0 Å². The number of phenolic OH excluding ortho intramolecular Hbond substituents is 1. The van der Waals surface area contributed by atoms with Crippen molar-refractivity contribution in [3.63, 3.8) is 0 Å². The minimum Gasteiger partial charge on any atom is -0.508 e. The highest BCUT2D eigenvalue weighted by Crippen LogP contribution is 2.20. The van der Waals surface area contributed by atoms with Crippen LogP contribution in [0.15, 0.2) is 24.3 Å². The highest BCUT2D eigenvalue weighted by Gasteiger charge is 2.13. The highest BCUT2D eigenvalue weighted by atomic mass is 16.3. The van der Waals surface area contributed by atoms with Crippen LogP contribution in [-0.4, -0.2) is 22.9 Å². The van der Waals surface area contributed by atoms with Gasteiger partial charge in [0, 0.05) is 12.1 Å². The number of phenols is 1. The number of hydrogen-bond acceptors (Lipinski definition) is 3. The number of hydrogen-bond donors (Lipinski definition) is 3. The highest BCUT2D eigenvalue weighted by molar-refractivity contribution is 5.28. The molecule has 0 saturated carbocycles. The molecule has 3 nitrogen and oxygen atoms in total. The molecule has 0 bridgehead atoms. The van der Waals surface area contributed by atoms with Crippen LogP contribution in [-0.2, 0) is 0 Å². The lowest BCUT2D eigenvalue weighted by Crippen LogP contribution is -2.34. The Hall–Kier alpha value is -1.06. The van der Waals surface area contributed by atoms with Gasteiger partial charge in [-0.3, -0.25) is 0 Å². The van der Waals surface area contributed by atoms with E-state index in [4.69, 9.17) is 5.11 Å². The average molecular weight is 223 g/mol. The molecular formula is C13H21NO2. The maximum atomic E-state index is 9.22. The van der Waals surface area contributed by atoms with E-state index in [0.29, 0.717) is 0 Å². The SMILES string of the molecule is CCC(N[C@@H](CC)CO)c1ccc(O)cc1. The summed E-state index contributed by atoms with van der Waals surface area (Å²) < 4.78 is 0. The number of rotatable bonds is 6. The predicted octanol–water partition coefficient (Wildman–Crippen LogP) is 2.20. The molecule has 0 aliphatic heterocycles. The summed E-state index contributed by atoms with van der Waals surface area (Å²) in [5.41, 5.74) is 1.15. The zero-order valence-corrected chi connectivity index (χ0v) is 9.98. The molecule has 2 atom stereocenters. The van der Waals surface area contributed by atoms with Crippen molar-refractivity contribution in [1.82, 2.24) is 5.32 Å². The molecule has 90 valence electrons. The average Bonchev–Trinajstić information content (AvgIpc) is 2.32. The Kier molecular flexibility index (Phi) is 5.29. The summed E-state index contributed by atoms with van der Waals surface area (Å²) in [6.07, 6.45) is 1.87. The summed E-state index contributed by atoms with van der Waals surface area (Å²) in [7, 11) is 0. The van der Waals surface area contributed by atoms with E-state index in [-0.39, 0.29) is 24.4 Å². The second kappa shape index (κ2) is 6.51. The van der Waals surface area contributed by atoms with Crippen molar-refractivity contribution in [3.05, 3.63) is 29.8 Å². The molecule has 0 aliphatic carbocycles. The van der Waals surface area contributed by atoms with Crippen molar-refractivity contribution in [1.29, 1.82) is 0 Å². The molecule has 0 saturated heterocycles. The van der Waals surface area contributed by atoms with Crippen molar-refractivity contribution in [2.75, 3.05) is 6.61 Å². The van der Waals surface area contributed by atoms with Gasteiger partial charge >= 0.3 is 0 Å². The van der Waals surface area contributed by atoms with Crippen molar-refractivity contribution >= 4 is 0 Å². The summed E-state index contributed by atoms with van der Waals surface area (Å²) in [5, 5.41) is 21.8. The number of aromatic hydroxyl groups is 1. The molecule has 0 radical (unpaired) electrons. The Labute approximate surface area is 97.1 Å². The van der Waals surface area contributed by atoms with Crippen LogP contribution in [0.3, 0.4) is 0 Å². The Bertz CT molecular complexity index is 293. The maximum Gasteiger partial charge on any atom is 0.115 e. The van der Waals surface area contributed by atoms with Crippen LogP contribution in [0.5, 0.6) is 5.75 Å². The Morgan fingerprint density at radius 1 is 1.12 bits per heavy atom. The molecular weight excluding hydrogens is 202 g/mol. The van der Waals surface area contributed by atoms with Crippen LogP contribution in [0.4, 0.5) is 0 Å². The van der Waals surface area contributed by atoms with E-state index in [1.807, 2.05) is 12.1 Å². The summed E-state index contributed by atoms with van der Waals surface area (Å²) in [6, 6.07) is 7.59. The molecule has 0 aliphatic rings. The quantitative estimate of drug-likeness (QED) is 0.693. The summed E-state index contributed by atoms with van der Waals surface area (Å²) >= 11 is 0. The number of benzene rings is 1. The fourth-order valence-corrected chi connectivity index (χ4v) is 1.74. The van der Waals surface area contributed by atoms with Gasteiger partial charge in [0.1, 0.15) is 5.75 Å². The van der Waals surface area contributed by atoms with Gasteiger partial charge in [0.15, 0.2) is 0 Å². The maximum absolute atomic E-state index is 9.22. The Balaban J connectivity index is 2.70. The van der Waals surface area contributed by atoms with E-state index < -0.39 is 0 Å². The summed E-state index contributed by atoms with van der Waals surface area (Å²) in [4.78, 5) is 0. The molecule has 0 aromatic heterocycles. The van der Waals surface area contributed by atoms with Gasteiger partial charge in [0.2, 0.25) is 0 Å². The molecule has 1 unspecified atom stereocenters. The van der Waals surface area contributed by atoms with Gasteiger partial charge in [0.25, 0.3) is 0 Å². The second-order valence-electron chi connectivity index (χ2n) is 4.01. The van der Waals surface area contributed by atoms with Crippen LogP contribution in [0.25, 0.3) is 0 Å². The zero-order valence-electron chi connectivity index (χ0n) is 9.98. The third-order valence-electron chi connectivity index (χ3n) is 2.85. The monoisotopic (exact) mass is 223 g/mol. The normalized spacial score (nSPS) is 14.7. The van der Waals surface area contributed by atoms with E-state index in [1.54, 1.807) is 12.1 Å². The van der Waals surface area contributed by atoms with E-state index in [1.165, 1.54) is 0 Å². The van der Waals surface area contributed by atoms with Crippen molar-refractivity contribution < 1.29 is 10.2 Å². The third kappa shape index (κ3) is 3.51. The minimum absolute atomic E-state index is 0.138. The molecule has 1 aromatic carbocycles. The topological polar surface area (TPSA) is 52.5 Å². The standard InChI is InChI=1S/C13H21NO2/c1-3-11(9-15)14-13(4-2)10-5-7-12(16)8-6-10/h5-8,11,13-16H,3-4,9H2,1-2H3/t11-,13?/m0/s1. The molecule has 0 spiro atoms. The van der Waals surface area contributed by atoms with Crippen molar-refractivity contribution in [2.24, 2.45) is 0 Å². The lowest BCUT2D eigenvalue weighted by Gasteiger charge is -2.23. The third-order valence-corrected chi connectivity index (χ3v) is 2.85. The first-order valence-electron chi connectivity index (χ1n) is 5.87. The van der Waals surface area contributed by atoms with Gasteiger partial charge in [-0.25, -0.2) is 0 Å².